The van der Waals surface area contributed by atoms with Crippen molar-refractivity contribution in [2.75, 3.05) is 13.3 Å². The Labute approximate surface area is 99.6 Å². The monoisotopic (exact) mass is 254 g/mol. The van der Waals surface area contributed by atoms with Crippen LogP contribution >= 0.6 is 11.6 Å². The third-order valence-corrected chi connectivity index (χ3v) is 4.60. The summed E-state index contributed by atoms with van der Waals surface area (Å²) < 4.78 is 16.0. The lowest BCUT2D eigenvalue weighted by Crippen LogP contribution is -1.97. The van der Waals surface area contributed by atoms with Crippen molar-refractivity contribution in [2.24, 2.45) is 4.36 Å². The minimum Gasteiger partial charge on any atom is -0.256 e. The molecule has 2 aromatic rings. The Balaban J connectivity index is 2.79. The number of nitrogens with zero attached hydrogens (tertiary/aromatic N) is 2. The highest BCUT2D eigenvalue weighted by molar-refractivity contribution is 7.93. The SMILES string of the molecule is CN=S(C)(=O)c1ccc2nccc(Cl)c2c1. The summed E-state index contributed by atoms with van der Waals surface area (Å²) >= 11 is 6.06. The van der Waals surface area contributed by atoms with Gasteiger partial charge in [0.1, 0.15) is 0 Å². The van der Waals surface area contributed by atoms with Crippen molar-refractivity contribution in [3.8, 4) is 0 Å². The van der Waals surface area contributed by atoms with Crippen molar-refractivity contribution in [3.63, 3.8) is 0 Å². The summed E-state index contributed by atoms with van der Waals surface area (Å²) in [4.78, 5) is 4.86. The third kappa shape index (κ3) is 1.90. The van der Waals surface area contributed by atoms with Gasteiger partial charge in [0.15, 0.2) is 0 Å². The Morgan fingerprint density at radius 2 is 2.12 bits per heavy atom. The minimum absolute atomic E-state index is 0.609. The first-order valence-corrected chi connectivity index (χ1v) is 6.99. The molecule has 84 valence electrons. The standard InChI is InChI=1S/C11H11ClN2OS/c1-13-16(2,15)8-3-4-11-9(7-8)10(12)5-6-14-11/h3-7H,1-2H3. The fraction of sp³-hybridized carbons (Fsp3) is 0.182. The molecule has 3 nitrogen and oxygen atoms in total. The third-order valence-electron chi connectivity index (χ3n) is 2.45. The van der Waals surface area contributed by atoms with Crippen molar-refractivity contribution < 1.29 is 4.21 Å². The number of aromatic nitrogens is 1. The van der Waals surface area contributed by atoms with E-state index in [4.69, 9.17) is 11.6 Å². The van der Waals surface area contributed by atoms with Gasteiger partial charge in [0, 0.05) is 29.8 Å². The van der Waals surface area contributed by atoms with Gasteiger partial charge in [-0.05, 0) is 24.3 Å². The van der Waals surface area contributed by atoms with Gasteiger partial charge < -0.3 is 0 Å². The van der Waals surface area contributed by atoms with Gasteiger partial charge in [-0.15, -0.1) is 0 Å². The van der Waals surface area contributed by atoms with Crippen LogP contribution in [0.4, 0.5) is 0 Å². The second-order valence-corrected chi connectivity index (χ2v) is 6.31. The van der Waals surface area contributed by atoms with Gasteiger partial charge in [-0.3, -0.25) is 4.98 Å². The summed E-state index contributed by atoms with van der Waals surface area (Å²) in [7, 11) is -0.765. The predicted octanol–water partition coefficient (Wildman–Crippen LogP) is 2.97. The average molecular weight is 255 g/mol. The van der Waals surface area contributed by atoms with Crippen LogP contribution in [0, 0.1) is 0 Å². The van der Waals surface area contributed by atoms with Crippen molar-refractivity contribution in [1.29, 1.82) is 0 Å². The second kappa shape index (κ2) is 4.03. The van der Waals surface area contributed by atoms with E-state index in [0.717, 1.165) is 10.9 Å². The van der Waals surface area contributed by atoms with E-state index in [9.17, 15) is 4.21 Å². The van der Waals surface area contributed by atoms with E-state index in [1.54, 1.807) is 37.7 Å². The molecule has 0 radical (unpaired) electrons. The first-order valence-electron chi connectivity index (χ1n) is 4.69. The van der Waals surface area contributed by atoms with E-state index < -0.39 is 9.73 Å². The number of halogens is 1. The van der Waals surface area contributed by atoms with E-state index >= 15 is 0 Å². The molecule has 0 amide bonds. The highest BCUT2D eigenvalue weighted by atomic mass is 35.5. The molecular weight excluding hydrogens is 244 g/mol. The average Bonchev–Trinajstić information content (AvgIpc) is 2.29. The number of hydrogen-bond donors (Lipinski definition) is 0. The number of rotatable bonds is 1. The van der Waals surface area contributed by atoms with Crippen LogP contribution in [-0.4, -0.2) is 22.5 Å². The topological polar surface area (TPSA) is 42.3 Å². The molecule has 0 spiro atoms. The first-order chi connectivity index (χ1) is 7.54. The maximum Gasteiger partial charge on any atom is 0.0720 e. The lowest BCUT2D eigenvalue weighted by atomic mass is 10.2. The molecule has 0 fully saturated rings. The summed E-state index contributed by atoms with van der Waals surface area (Å²) in [6, 6.07) is 7.10. The predicted molar refractivity (Wildman–Crippen MR) is 67.4 cm³/mol. The summed E-state index contributed by atoms with van der Waals surface area (Å²) in [6.45, 7) is 0. The molecule has 1 aromatic heterocycles. The summed E-state index contributed by atoms with van der Waals surface area (Å²) in [6.07, 6.45) is 3.26. The Kier molecular flexibility index (Phi) is 2.86. The first kappa shape index (κ1) is 11.4. The van der Waals surface area contributed by atoms with Gasteiger partial charge in [-0.2, -0.15) is 0 Å². The molecule has 1 heterocycles. The van der Waals surface area contributed by atoms with E-state index in [-0.39, 0.29) is 0 Å². The molecule has 0 N–H and O–H groups in total. The molecule has 1 aromatic carbocycles. The molecule has 2 rings (SSSR count). The maximum absolute atomic E-state index is 12.1. The van der Waals surface area contributed by atoms with E-state index in [1.807, 2.05) is 6.07 Å². The number of hydrogen-bond acceptors (Lipinski definition) is 3. The zero-order valence-electron chi connectivity index (χ0n) is 8.98. The van der Waals surface area contributed by atoms with Crippen LogP contribution in [0.3, 0.4) is 0 Å². The Bertz CT molecular complexity index is 660. The summed E-state index contributed by atoms with van der Waals surface area (Å²) in [5.74, 6) is 0. The Hall–Kier alpha value is -1.13. The van der Waals surface area contributed by atoms with Gasteiger partial charge in [0.2, 0.25) is 0 Å². The quantitative estimate of drug-likeness (QED) is 0.785. The number of pyridine rings is 1. The molecule has 0 saturated heterocycles. The highest BCUT2D eigenvalue weighted by Crippen LogP contribution is 2.24. The molecule has 0 bridgehead atoms. The largest absolute Gasteiger partial charge is 0.256 e. The second-order valence-electron chi connectivity index (χ2n) is 3.46. The molecule has 16 heavy (non-hydrogen) atoms. The van der Waals surface area contributed by atoms with E-state index in [0.29, 0.717) is 9.92 Å². The van der Waals surface area contributed by atoms with Crippen LogP contribution in [0.15, 0.2) is 39.7 Å². The molecule has 0 saturated carbocycles. The molecule has 0 aliphatic rings. The van der Waals surface area contributed by atoms with Crippen LogP contribution in [0.1, 0.15) is 0 Å². The molecular formula is C11H11ClN2OS. The summed E-state index contributed by atoms with van der Waals surface area (Å²) in [5, 5.41) is 1.41. The van der Waals surface area contributed by atoms with Crippen LogP contribution in [0.2, 0.25) is 5.02 Å². The fourth-order valence-corrected chi connectivity index (χ4v) is 2.51. The zero-order valence-corrected chi connectivity index (χ0v) is 10.5. The van der Waals surface area contributed by atoms with Crippen LogP contribution in [-0.2, 0) is 9.73 Å². The van der Waals surface area contributed by atoms with Crippen LogP contribution < -0.4 is 0 Å². The summed E-state index contributed by atoms with van der Waals surface area (Å²) in [5.41, 5.74) is 0.794. The van der Waals surface area contributed by atoms with E-state index in [2.05, 4.69) is 9.35 Å². The van der Waals surface area contributed by atoms with Crippen molar-refractivity contribution in [2.45, 2.75) is 4.90 Å². The molecule has 1 atom stereocenters. The number of fused-ring (bicyclic) bond motifs is 1. The fourth-order valence-electron chi connectivity index (χ4n) is 1.43. The Morgan fingerprint density at radius 1 is 1.38 bits per heavy atom. The molecule has 5 heteroatoms. The van der Waals surface area contributed by atoms with Crippen molar-refractivity contribution in [1.82, 2.24) is 4.98 Å². The lowest BCUT2D eigenvalue weighted by molar-refractivity contribution is 0.680. The van der Waals surface area contributed by atoms with Crippen LogP contribution in [0.5, 0.6) is 0 Å². The maximum atomic E-state index is 12.1. The highest BCUT2D eigenvalue weighted by Gasteiger charge is 2.07. The number of benzene rings is 1. The van der Waals surface area contributed by atoms with E-state index in [1.165, 1.54) is 0 Å². The van der Waals surface area contributed by atoms with Crippen molar-refractivity contribution in [3.05, 3.63) is 35.5 Å². The smallest absolute Gasteiger partial charge is 0.0720 e. The van der Waals surface area contributed by atoms with Crippen LogP contribution in [0.25, 0.3) is 10.9 Å². The van der Waals surface area contributed by atoms with Gasteiger partial charge in [-0.1, -0.05) is 11.6 Å². The molecule has 0 aliphatic carbocycles. The van der Waals surface area contributed by atoms with Gasteiger partial charge in [0.25, 0.3) is 0 Å². The zero-order chi connectivity index (χ0) is 11.8. The Morgan fingerprint density at radius 3 is 2.81 bits per heavy atom. The van der Waals surface area contributed by atoms with Gasteiger partial charge in [0.05, 0.1) is 20.3 Å². The minimum atomic E-state index is -2.32. The normalized spacial score (nSPS) is 14.7. The molecule has 1 unspecified atom stereocenters. The van der Waals surface area contributed by atoms with Crippen molar-refractivity contribution >= 4 is 32.2 Å². The molecule has 0 aliphatic heterocycles. The lowest BCUT2D eigenvalue weighted by Gasteiger charge is -2.05. The van der Waals surface area contributed by atoms with Gasteiger partial charge in [-0.25, -0.2) is 8.57 Å². The van der Waals surface area contributed by atoms with Gasteiger partial charge >= 0.3 is 0 Å².